The molecule has 1 saturated heterocycles. The van der Waals surface area contributed by atoms with Crippen molar-refractivity contribution in [3.63, 3.8) is 0 Å². The van der Waals surface area contributed by atoms with Crippen LogP contribution in [0, 0.1) is 0 Å². The molecule has 0 aromatic heterocycles. The predicted octanol–water partition coefficient (Wildman–Crippen LogP) is 1.13. The molecule has 0 saturated carbocycles. The van der Waals surface area contributed by atoms with E-state index in [0.717, 1.165) is 26.1 Å². The molecule has 0 aromatic rings. The van der Waals surface area contributed by atoms with Crippen LogP contribution in [0.2, 0.25) is 0 Å². The molecule has 82 valence electrons. The molecule has 0 spiro atoms. The lowest BCUT2D eigenvalue weighted by Gasteiger charge is -2.33. The second-order valence-electron chi connectivity index (χ2n) is 4.12. The van der Waals surface area contributed by atoms with E-state index >= 15 is 0 Å². The van der Waals surface area contributed by atoms with Gasteiger partial charge in [-0.1, -0.05) is 5.87 Å². The molecule has 0 radical (unpaired) electrons. The smallest absolute Gasteiger partial charge is 0.232 e. The molecule has 1 fully saturated rings. The Hall–Kier alpha value is -0.350. The molecule has 0 aliphatic carbocycles. The van der Waals surface area contributed by atoms with Gasteiger partial charge in [-0.2, -0.15) is 10.5 Å². The number of hydrogen-bond acceptors (Lipinski definition) is 2. The van der Waals surface area contributed by atoms with Crippen molar-refractivity contribution in [3.8, 4) is 0 Å². The van der Waals surface area contributed by atoms with Gasteiger partial charge < -0.3 is 10.5 Å². The van der Waals surface area contributed by atoms with Crippen molar-refractivity contribution in [1.82, 2.24) is 0 Å². The highest BCUT2D eigenvalue weighted by Crippen LogP contribution is 2.38. The molecule has 3 nitrogen and oxygen atoms in total. The summed E-state index contributed by atoms with van der Waals surface area (Å²) >= 11 is 0. The van der Waals surface area contributed by atoms with Crippen molar-refractivity contribution in [2.24, 2.45) is 5.73 Å². The van der Waals surface area contributed by atoms with Crippen LogP contribution in [0.5, 0.6) is 0 Å². The fraction of sp³-hybridized carbons (Fsp3) is 0.800. The average Bonchev–Trinajstić information content (AvgIpc) is 2.17. The average molecular weight is 217 g/mol. The van der Waals surface area contributed by atoms with Crippen LogP contribution < -0.4 is 5.73 Å². The van der Waals surface area contributed by atoms with E-state index in [-0.39, 0.29) is 16.4 Å². The van der Waals surface area contributed by atoms with Gasteiger partial charge in [0.2, 0.25) is 5.91 Å². The van der Waals surface area contributed by atoms with Crippen LogP contribution in [0.3, 0.4) is 0 Å². The first-order chi connectivity index (χ1) is 6.46. The van der Waals surface area contributed by atoms with Crippen molar-refractivity contribution in [3.05, 3.63) is 0 Å². The first-order valence-electron chi connectivity index (χ1n) is 4.87. The summed E-state index contributed by atoms with van der Waals surface area (Å²) in [6.07, 6.45) is 2.01. The van der Waals surface area contributed by atoms with Crippen LogP contribution >= 0.6 is 10.5 Å². The Kier molecular flexibility index (Phi) is 3.72. The van der Waals surface area contributed by atoms with Gasteiger partial charge in [-0.05, 0) is 26.7 Å². The molecule has 1 amide bonds. The Balaban J connectivity index is 2.67. The van der Waals surface area contributed by atoms with Gasteiger partial charge in [0.05, 0.1) is 4.75 Å². The number of hydrogen-bond donors (Lipinski definition) is 1. The zero-order chi connectivity index (χ0) is 10.8. The van der Waals surface area contributed by atoms with Crippen LogP contribution in [0.15, 0.2) is 0 Å². The Morgan fingerprint density at radius 1 is 1.50 bits per heavy atom. The summed E-state index contributed by atoms with van der Waals surface area (Å²) in [5.74, 6) is 3.88. The molecular weight excluding hydrogens is 198 g/mol. The Labute approximate surface area is 87.9 Å². The van der Waals surface area contributed by atoms with Crippen LogP contribution in [-0.4, -0.2) is 35.0 Å². The summed E-state index contributed by atoms with van der Waals surface area (Å²) in [5, 5.41) is 0.492. The van der Waals surface area contributed by atoms with Crippen molar-refractivity contribution in [2.45, 2.75) is 36.7 Å². The summed E-state index contributed by atoms with van der Waals surface area (Å²) in [4.78, 5) is 11.3. The summed E-state index contributed by atoms with van der Waals surface area (Å²) in [6.45, 7) is 5.36. The van der Waals surface area contributed by atoms with Crippen LogP contribution in [0.25, 0.3) is 0 Å². The van der Waals surface area contributed by atoms with Crippen LogP contribution in [-0.2, 0) is 9.53 Å². The van der Waals surface area contributed by atoms with E-state index in [2.05, 4.69) is 5.87 Å². The van der Waals surface area contributed by atoms with E-state index in [4.69, 9.17) is 10.5 Å². The number of amides is 1. The summed E-state index contributed by atoms with van der Waals surface area (Å²) in [6, 6.07) is 0. The number of carbonyl (C=O) groups excluding carboxylic acids is 1. The van der Waals surface area contributed by atoms with Gasteiger partial charge >= 0.3 is 0 Å². The minimum absolute atomic E-state index is 0.201. The lowest BCUT2D eigenvalue weighted by molar-refractivity contribution is -0.119. The van der Waals surface area contributed by atoms with Crippen LogP contribution in [0.4, 0.5) is 0 Å². The Morgan fingerprint density at radius 2 is 2.00 bits per heavy atom. The molecule has 4 heteroatoms. The van der Waals surface area contributed by atoms with Gasteiger partial charge in [0.15, 0.2) is 0 Å². The highest BCUT2D eigenvalue weighted by Gasteiger charge is 2.32. The van der Waals surface area contributed by atoms with Gasteiger partial charge in [0.25, 0.3) is 0 Å². The van der Waals surface area contributed by atoms with E-state index in [1.165, 1.54) is 0 Å². The largest absolute Gasteiger partial charge is 0.381 e. The standard InChI is InChI=1S/C10H19NO2S/c1-10(2,9(11)12)14(3)8-4-6-13-7-5-8/h8H,3-7H2,1-2H3,(H2,11,12). The number of carbonyl (C=O) groups is 1. The third kappa shape index (κ3) is 2.36. The highest BCUT2D eigenvalue weighted by molar-refractivity contribution is 8.16. The molecule has 0 bridgehead atoms. The minimum Gasteiger partial charge on any atom is -0.381 e. The maximum Gasteiger partial charge on any atom is 0.232 e. The maximum absolute atomic E-state index is 11.3. The lowest BCUT2D eigenvalue weighted by Crippen LogP contribution is -2.39. The predicted molar refractivity (Wildman–Crippen MR) is 61.8 cm³/mol. The third-order valence-electron chi connectivity index (χ3n) is 2.82. The monoisotopic (exact) mass is 217 g/mol. The van der Waals surface area contributed by atoms with Crippen molar-refractivity contribution in [1.29, 1.82) is 0 Å². The SMILES string of the molecule is C=S(C1CCOCC1)C(C)(C)C(N)=O. The fourth-order valence-corrected chi connectivity index (χ4v) is 3.36. The van der Waals surface area contributed by atoms with Crippen LogP contribution in [0.1, 0.15) is 26.7 Å². The van der Waals surface area contributed by atoms with E-state index in [0.29, 0.717) is 5.25 Å². The van der Waals surface area contributed by atoms with Crippen molar-refractivity contribution >= 4 is 22.3 Å². The zero-order valence-corrected chi connectivity index (χ0v) is 9.73. The number of nitrogens with two attached hydrogens (primary N) is 1. The number of ether oxygens (including phenoxy) is 1. The normalized spacial score (nSPS) is 21.9. The summed E-state index contributed by atoms with van der Waals surface area (Å²) in [7, 11) is -0.201. The molecular formula is C10H19NO2S. The molecule has 1 aliphatic heterocycles. The molecule has 14 heavy (non-hydrogen) atoms. The molecule has 1 unspecified atom stereocenters. The fourth-order valence-electron chi connectivity index (χ4n) is 1.51. The Bertz CT molecular complexity index is 245. The number of rotatable bonds is 3. The number of primary amides is 1. The maximum atomic E-state index is 11.3. The second-order valence-corrected chi connectivity index (χ2v) is 6.66. The quantitative estimate of drug-likeness (QED) is 0.720. The highest BCUT2D eigenvalue weighted by atomic mass is 32.2. The van der Waals surface area contributed by atoms with Gasteiger partial charge in [-0.15, -0.1) is 0 Å². The molecule has 2 N–H and O–H groups in total. The summed E-state index contributed by atoms with van der Waals surface area (Å²) in [5.41, 5.74) is 5.37. The first kappa shape index (κ1) is 11.7. The van der Waals surface area contributed by atoms with Gasteiger partial charge in [-0.3, -0.25) is 4.79 Å². The van der Waals surface area contributed by atoms with E-state index in [1.807, 2.05) is 13.8 Å². The lowest BCUT2D eigenvalue weighted by atomic mass is 10.2. The van der Waals surface area contributed by atoms with E-state index in [1.54, 1.807) is 0 Å². The topological polar surface area (TPSA) is 52.3 Å². The van der Waals surface area contributed by atoms with E-state index < -0.39 is 4.75 Å². The Morgan fingerprint density at radius 3 is 2.43 bits per heavy atom. The van der Waals surface area contributed by atoms with Gasteiger partial charge in [0.1, 0.15) is 0 Å². The second kappa shape index (κ2) is 4.45. The molecule has 0 aromatic carbocycles. The first-order valence-corrected chi connectivity index (χ1v) is 6.32. The van der Waals surface area contributed by atoms with Gasteiger partial charge in [0, 0.05) is 18.5 Å². The minimum atomic E-state index is -0.484. The zero-order valence-electron chi connectivity index (χ0n) is 8.91. The van der Waals surface area contributed by atoms with Crippen molar-refractivity contribution in [2.75, 3.05) is 13.2 Å². The molecule has 1 atom stereocenters. The molecule has 1 heterocycles. The molecule has 1 aliphatic rings. The molecule has 1 rings (SSSR count). The van der Waals surface area contributed by atoms with E-state index in [9.17, 15) is 4.79 Å². The third-order valence-corrected chi connectivity index (χ3v) is 5.61. The van der Waals surface area contributed by atoms with Gasteiger partial charge in [-0.25, -0.2) is 0 Å². The van der Waals surface area contributed by atoms with Crippen molar-refractivity contribution < 1.29 is 9.53 Å². The summed E-state index contributed by atoms with van der Waals surface area (Å²) < 4.78 is 4.80.